The second-order valence-corrected chi connectivity index (χ2v) is 6.01. The lowest BCUT2D eigenvalue weighted by molar-refractivity contribution is 0.237. The van der Waals surface area contributed by atoms with E-state index in [0.29, 0.717) is 6.54 Å². The Balaban J connectivity index is 2.03. The number of anilines is 1. The van der Waals surface area contributed by atoms with Gasteiger partial charge in [-0.15, -0.1) is 0 Å². The zero-order valence-corrected chi connectivity index (χ0v) is 12.0. The highest BCUT2D eigenvalue weighted by atomic mass is 19.1. The van der Waals surface area contributed by atoms with Crippen molar-refractivity contribution < 1.29 is 8.78 Å². The number of nitriles is 1. The molecular weight excluding hydrogens is 272 g/mol. The van der Waals surface area contributed by atoms with Gasteiger partial charge in [-0.1, -0.05) is 19.3 Å². The maximum Gasteiger partial charge on any atom is 0.150 e. The maximum atomic E-state index is 14.4. The fourth-order valence-electron chi connectivity index (χ4n) is 3.74. The van der Waals surface area contributed by atoms with Gasteiger partial charge in [0.2, 0.25) is 0 Å². The predicted molar refractivity (Wildman–Crippen MR) is 77.1 cm³/mol. The van der Waals surface area contributed by atoms with Crippen molar-refractivity contribution in [3.05, 3.63) is 29.3 Å². The number of nitrogens with one attached hydrogen (secondary N) is 1. The Morgan fingerprint density at radius 1 is 1.14 bits per heavy atom. The van der Waals surface area contributed by atoms with Crippen molar-refractivity contribution in [2.75, 3.05) is 24.5 Å². The number of nitrogens with zero attached hydrogens (tertiary/aromatic N) is 2. The third kappa shape index (κ3) is 2.49. The molecular formula is C16H19F2N3. The van der Waals surface area contributed by atoms with Crippen molar-refractivity contribution in [2.45, 2.75) is 37.6 Å². The lowest BCUT2D eigenvalue weighted by Crippen LogP contribution is -2.62. The van der Waals surface area contributed by atoms with Crippen LogP contribution in [0.25, 0.3) is 0 Å². The highest BCUT2D eigenvalue weighted by Crippen LogP contribution is 2.39. The van der Waals surface area contributed by atoms with E-state index in [1.807, 2.05) is 4.90 Å². The number of rotatable bonds is 1. The molecule has 1 saturated carbocycles. The highest BCUT2D eigenvalue weighted by molar-refractivity contribution is 5.55. The molecule has 3 nitrogen and oxygen atoms in total. The summed E-state index contributed by atoms with van der Waals surface area (Å²) in [5.41, 5.74) is -0.120. The average molecular weight is 291 g/mol. The van der Waals surface area contributed by atoms with Crippen LogP contribution in [0.3, 0.4) is 0 Å². The molecule has 0 aromatic heterocycles. The van der Waals surface area contributed by atoms with Gasteiger partial charge in [-0.25, -0.2) is 8.78 Å². The lowest BCUT2D eigenvalue weighted by atomic mass is 9.78. The van der Waals surface area contributed by atoms with Crippen LogP contribution in [0.15, 0.2) is 12.1 Å². The highest BCUT2D eigenvalue weighted by Gasteiger charge is 2.41. The zero-order valence-electron chi connectivity index (χ0n) is 12.0. The van der Waals surface area contributed by atoms with E-state index in [1.54, 1.807) is 6.07 Å². The summed E-state index contributed by atoms with van der Waals surface area (Å²) in [6.45, 7) is 2.09. The van der Waals surface area contributed by atoms with E-state index < -0.39 is 11.6 Å². The van der Waals surface area contributed by atoms with Gasteiger partial charge in [0.05, 0.1) is 17.2 Å². The third-order valence-electron chi connectivity index (χ3n) is 4.74. The minimum Gasteiger partial charge on any atom is -0.359 e. The topological polar surface area (TPSA) is 39.1 Å². The molecule has 0 amide bonds. The lowest BCUT2D eigenvalue weighted by Gasteiger charge is -2.51. The summed E-state index contributed by atoms with van der Waals surface area (Å²) in [4.78, 5) is 1.91. The van der Waals surface area contributed by atoms with Gasteiger partial charge in [-0.3, -0.25) is 0 Å². The molecule has 2 fully saturated rings. The summed E-state index contributed by atoms with van der Waals surface area (Å²) < 4.78 is 28.7. The molecule has 112 valence electrons. The van der Waals surface area contributed by atoms with Gasteiger partial charge in [-0.05, 0) is 25.0 Å². The largest absolute Gasteiger partial charge is 0.359 e. The van der Waals surface area contributed by atoms with Gasteiger partial charge in [0.15, 0.2) is 11.6 Å². The number of benzene rings is 1. The molecule has 1 N–H and O–H groups in total. The van der Waals surface area contributed by atoms with Gasteiger partial charge >= 0.3 is 0 Å². The fraction of sp³-hybridized carbons (Fsp3) is 0.562. The Bertz CT molecular complexity index is 542. The van der Waals surface area contributed by atoms with E-state index in [2.05, 4.69) is 5.32 Å². The number of hydrogen-bond donors (Lipinski definition) is 1. The number of hydrogen-bond acceptors (Lipinski definition) is 3. The van der Waals surface area contributed by atoms with E-state index in [4.69, 9.17) is 5.26 Å². The molecule has 1 aromatic rings. The molecule has 1 aromatic carbocycles. The Morgan fingerprint density at radius 3 is 2.43 bits per heavy atom. The van der Waals surface area contributed by atoms with E-state index >= 15 is 0 Å². The average Bonchev–Trinajstić information content (AvgIpc) is 2.49. The normalized spacial score (nSPS) is 21.3. The first kappa shape index (κ1) is 14.3. The summed E-state index contributed by atoms with van der Waals surface area (Å²) >= 11 is 0. The van der Waals surface area contributed by atoms with E-state index in [1.165, 1.54) is 6.42 Å². The molecule has 0 bridgehead atoms. The summed E-state index contributed by atoms with van der Waals surface area (Å²) in [5, 5.41) is 12.2. The van der Waals surface area contributed by atoms with Crippen LogP contribution in [-0.2, 0) is 0 Å². The Labute approximate surface area is 123 Å². The van der Waals surface area contributed by atoms with Crippen molar-refractivity contribution in [1.29, 1.82) is 5.26 Å². The van der Waals surface area contributed by atoms with Gasteiger partial charge in [0, 0.05) is 19.6 Å². The van der Waals surface area contributed by atoms with Crippen molar-refractivity contribution in [1.82, 2.24) is 5.32 Å². The van der Waals surface area contributed by atoms with E-state index in [-0.39, 0.29) is 16.8 Å². The van der Waals surface area contributed by atoms with Gasteiger partial charge < -0.3 is 10.2 Å². The van der Waals surface area contributed by atoms with Crippen LogP contribution in [-0.4, -0.2) is 25.2 Å². The van der Waals surface area contributed by atoms with Gasteiger partial charge in [-0.2, -0.15) is 5.26 Å². The molecule has 3 rings (SSSR count). The Hall–Kier alpha value is -1.67. The fourth-order valence-corrected chi connectivity index (χ4v) is 3.74. The molecule has 21 heavy (non-hydrogen) atoms. The van der Waals surface area contributed by atoms with Crippen molar-refractivity contribution >= 4 is 5.69 Å². The quantitative estimate of drug-likeness (QED) is 0.864. The Morgan fingerprint density at radius 2 is 1.81 bits per heavy atom. The van der Waals surface area contributed by atoms with Gasteiger partial charge in [0.25, 0.3) is 0 Å². The summed E-state index contributed by atoms with van der Waals surface area (Å²) in [7, 11) is 0. The minimum atomic E-state index is -0.626. The standard InChI is InChI=1S/C16H19F2N3/c17-13-8-12(10-19)9-14(18)15(13)21-7-6-20-11-16(21)4-2-1-3-5-16/h8-9,20H,1-7,11H2. The van der Waals surface area contributed by atoms with Crippen molar-refractivity contribution in [2.24, 2.45) is 0 Å². The Kier molecular flexibility index (Phi) is 3.81. The molecule has 0 atom stereocenters. The van der Waals surface area contributed by atoms with Crippen LogP contribution in [0, 0.1) is 23.0 Å². The summed E-state index contributed by atoms with van der Waals surface area (Å²) in [6, 6.07) is 4.07. The van der Waals surface area contributed by atoms with Gasteiger partial charge in [0.1, 0.15) is 5.69 Å². The molecule has 0 unspecified atom stereocenters. The smallest absolute Gasteiger partial charge is 0.150 e. The maximum absolute atomic E-state index is 14.4. The number of piperazine rings is 1. The molecule has 5 heteroatoms. The van der Waals surface area contributed by atoms with Crippen LogP contribution in [0.2, 0.25) is 0 Å². The van der Waals surface area contributed by atoms with E-state index in [0.717, 1.165) is 50.9 Å². The molecule has 2 aliphatic rings. The summed E-state index contributed by atoms with van der Waals surface area (Å²) in [6.07, 6.45) is 5.29. The molecule has 0 radical (unpaired) electrons. The molecule has 1 aliphatic carbocycles. The van der Waals surface area contributed by atoms with Crippen LogP contribution in [0.1, 0.15) is 37.7 Å². The van der Waals surface area contributed by atoms with E-state index in [9.17, 15) is 8.78 Å². The van der Waals surface area contributed by atoms with Crippen molar-refractivity contribution in [3.63, 3.8) is 0 Å². The SMILES string of the molecule is N#Cc1cc(F)c(N2CCNCC23CCCCC3)c(F)c1. The first-order chi connectivity index (χ1) is 10.2. The predicted octanol–water partition coefficient (Wildman–Crippen LogP) is 2.95. The summed E-state index contributed by atoms with van der Waals surface area (Å²) in [5.74, 6) is -1.25. The third-order valence-corrected chi connectivity index (χ3v) is 4.74. The minimum absolute atomic E-state index is 0.0292. The van der Waals surface area contributed by atoms with Crippen LogP contribution in [0.4, 0.5) is 14.5 Å². The van der Waals surface area contributed by atoms with Crippen LogP contribution >= 0.6 is 0 Å². The van der Waals surface area contributed by atoms with Crippen LogP contribution in [0.5, 0.6) is 0 Å². The molecule has 1 saturated heterocycles. The second-order valence-electron chi connectivity index (χ2n) is 6.01. The molecule has 1 spiro atoms. The zero-order chi connectivity index (χ0) is 14.9. The monoisotopic (exact) mass is 291 g/mol. The van der Waals surface area contributed by atoms with Crippen molar-refractivity contribution in [3.8, 4) is 6.07 Å². The molecule has 1 heterocycles. The first-order valence-corrected chi connectivity index (χ1v) is 7.54. The van der Waals surface area contributed by atoms with Crippen LogP contribution < -0.4 is 10.2 Å². The molecule has 1 aliphatic heterocycles. The first-order valence-electron chi connectivity index (χ1n) is 7.54. The second kappa shape index (κ2) is 5.61. The number of halogens is 2.